The molecule has 1 atom stereocenters. The van der Waals surface area contributed by atoms with E-state index in [9.17, 15) is 4.79 Å². The summed E-state index contributed by atoms with van der Waals surface area (Å²) in [5, 5.41) is 9.25. The molecule has 7 nitrogen and oxygen atoms in total. The molecule has 0 bridgehead atoms. The van der Waals surface area contributed by atoms with E-state index in [1.807, 2.05) is 23.7 Å². The molecule has 3 heterocycles. The number of nitrogens with zero attached hydrogens (tertiary/aromatic N) is 3. The van der Waals surface area contributed by atoms with E-state index >= 15 is 0 Å². The zero-order valence-electron chi connectivity index (χ0n) is 11.4. The van der Waals surface area contributed by atoms with Crippen molar-refractivity contribution < 1.29 is 4.79 Å². The molecule has 0 aliphatic carbocycles. The van der Waals surface area contributed by atoms with Gasteiger partial charge in [0.2, 0.25) is 5.91 Å². The molecule has 1 unspecified atom stereocenters. The summed E-state index contributed by atoms with van der Waals surface area (Å²) in [6, 6.07) is -0.242. The fourth-order valence-electron chi connectivity index (χ4n) is 2.37. The van der Waals surface area contributed by atoms with Crippen LogP contribution in [-0.4, -0.2) is 39.4 Å². The fourth-order valence-corrected chi connectivity index (χ4v) is 2.37. The van der Waals surface area contributed by atoms with Gasteiger partial charge in [0, 0.05) is 25.5 Å². The molecule has 1 fully saturated rings. The predicted octanol–water partition coefficient (Wildman–Crippen LogP) is 0.852. The molecule has 0 radical (unpaired) electrons. The van der Waals surface area contributed by atoms with E-state index < -0.39 is 0 Å². The largest absolute Gasteiger partial charge is 0.369 e. The average Bonchev–Trinajstić information content (AvgIpc) is 2.90. The van der Waals surface area contributed by atoms with Gasteiger partial charge in [-0.15, -0.1) is 0 Å². The summed E-state index contributed by atoms with van der Waals surface area (Å²) < 4.78 is 1.90. The molecule has 1 aliphatic rings. The molecule has 20 heavy (non-hydrogen) atoms. The van der Waals surface area contributed by atoms with Crippen LogP contribution in [0.5, 0.6) is 0 Å². The summed E-state index contributed by atoms with van der Waals surface area (Å²) >= 11 is 0. The molecule has 1 aliphatic heterocycles. The van der Waals surface area contributed by atoms with Crippen LogP contribution in [0.3, 0.4) is 0 Å². The summed E-state index contributed by atoms with van der Waals surface area (Å²) in [7, 11) is 0. The second kappa shape index (κ2) is 5.36. The van der Waals surface area contributed by atoms with Crippen LogP contribution in [0.4, 0.5) is 11.6 Å². The first kappa shape index (κ1) is 12.7. The van der Waals surface area contributed by atoms with Crippen molar-refractivity contribution in [2.75, 3.05) is 23.7 Å². The van der Waals surface area contributed by atoms with E-state index in [2.05, 4.69) is 25.9 Å². The van der Waals surface area contributed by atoms with Crippen LogP contribution in [0.2, 0.25) is 0 Å². The fraction of sp³-hybridized carbons (Fsp3) is 0.462. The molecule has 7 heteroatoms. The van der Waals surface area contributed by atoms with E-state index in [0.29, 0.717) is 5.82 Å². The van der Waals surface area contributed by atoms with E-state index in [1.165, 1.54) is 0 Å². The van der Waals surface area contributed by atoms with E-state index in [1.54, 1.807) is 6.20 Å². The highest BCUT2D eigenvalue weighted by Gasteiger charge is 2.23. The Balaban J connectivity index is 1.92. The molecular formula is C13H18N6O. The van der Waals surface area contributed by atoms with E-state index in [4.69, 9.17) is 0 Å². The van der Waals surface area contributed by atoms with E-state index in [-0.39, 0.29) is 11.9 Å². The Bertz CT molecular complexity index is 622. The normalized spacial score (nSPS) is 18.9. The van der Waals surface area contributed by atoms with Gasteiger partial charge < -0.3 is 20.4 Å². The maximum atomic E-state index is 11.8. The number of carbonyl (C=O) groups is 1. The highest BCUT2D eigenvalue weighted by molar-refractivity contribution is 5.86. The number of piperidine rings is 1. The predicted molar refractivity (Wildman–Crippen MR) is 76.8 cm³/mol. The Labute approximate surface area is 116 Å². The lowest BCUT2D eigenvalue weighted by atomic mass is 10.1. The first-order valence-corrected chi connectivity index (χ1v) is 6.89. The van der Waals surface area contributed by atoms with Crippen LogP contribution in [0.25, 0.3) is 5.65 Å². The van der Waals surface area contributed by atoms with Gasteiger partial charge in [0.05, 0.1) is 6.20 Å². The summed E-state index contributed by atoms with van der Waals surface area (Å²) in [5.41, 5.74) is 0.727. The van der Waals surface area contributed by atoms with Gasteiger partial charge in [-0.3, -0.25) is 4.79 Å². The third-order valence-corrected chi connectivity index (χ3v) is 3.33. The summed E-state index contributed by atoms with van der Waals surface area (Å²) in [5.74, 6) is 1.42. The Morgan fingerprint density at radius 1 is 1.55 bits per heavy atom. The van der Waals surface area contributed by atoms with E-state index in [0.717, 1.165) is 37.4 Å². The lowest BCUT2D eigenvalue weighted by Crippen LogP contribution is -2.44. The monoisotopic (exact) mass is 274 g/mol. The maximum Gasteiger partial charge on any atom is 0.242 e. The van der Waals surface area contributed by atoms with Gasteiger partial charge in [-0.05, 0) is 19.8 Å². The van der Waals surface area contributed by atoms with Crippen LogP contribution >= 0.6 is 0 Å². The second-order valence-electron chi connectivity index (χ2n) is 4.79. The minimum Gasteiger partial charge on any atom is -0.369 e. The van der Waals surface area contributed by atoms with Crippen molar-refractivity contribution in [1.82, 2.24) is 19.7 Å². The van der Waals surface area contributed by atoms with Crippen molar-refractivity contribution in [3.63, 3.8) is 0 Å². The van der Waals surface area contributed by atoms with Gasteiger partial charge in [0.25, 0.3) is 0 Å². The summed E-state index contributed by atoms with van der Waals surface area (Å²) in [6.45, 7) is 3.55. The maximum absolute atomic E-state index is 11.8. The molecule has 1 saturated heterocycles. The third-order valence-electron chi connectivity index (χ3n) is 3.33. The molecular weight excluding hydrogens is 256 g/mol. The Morgan fingerprint density at radius 3 is 3.25 bits per heavy atom. The number of imidazole rings is 1. The number of carbonyl (C=O) groups excluding carboxylic acids is 1. The van der Waals surface area contributed by atoms with Crippen molar-refractivity contribution in [3.8, 4) is 0 Å². The lowest BCUT2D eigenvalue weighted by molar-refractivity contribution is -0.123. The van der Waals surface area contributed by atoms with Crippen molar-refractivity contribution in [2.45, 2.75) is 25.8 Å². The zero-order chi connectivity index (χ0) is 13.9. The Hall–Kier alpha value is -2.31. The standard InChI is InChI=1S/C13H18N6O/c1-2-14-10-8-19-7-6-15-12(19)11(18-10)17-9-4-3-5-16-13(9)20/h6-9,14H,2-5H2,1H3,(H,16,20)(H,17,18). The van der Waals surface area contributed by atoms with Crippen molar-refractivity contribution in [3.05, 3.63) is 18.6 Å². The lowest BCUT2D eigenvalue weighted by Gasteiger charge is -2.23. The quantitative estimate of drug-likeness (QED) is 0.770. The minimum absolute atomic E-state index is 0.0246. The van der Waals surface area contributed by atoms with Crippen molar-refractivity contribution >= 4 is 23.2 Å². The van der Waals surface area contributed by atoms with Crippen LogP contribution in [-0.2, 0) is 4.79 Å². The SMILES string of the molecule is CCNc1cn2ccnc2c(NC2CCCNC2=O)n1. The minimum atomic E-state index is -0.242. The van der Waals surface area contributed by atoms with Crippen LogP contribution in [0.1, 0.15) is 19.8 Å². The zero-order valence-corrected chi connectivity index (χ0v) is 11.4. The van der Waals surface area contributed by atoms with Crippen LogP contribution in [0, 0.1) is 0 Å². The molecule has 106 valence electrons. The first-order chi connectivity index (χ1) is 9.78. The molecule has 0 aromatic carbocycles. The topological polar surface area (TPSA) is 83.4 Å². The Kier molecular flexibility index (Phi) is 3.41. The van der Waals surface area contributed by atoms with Crippen molar-refractivity contribution in [1.29, 1.82) is 0 Å². The van der Waals surface area contributed by atoms with Crippen molar-refractivity contribution in [2.24, 2.45) is 0 Å². The van der Waals surface area contributed by atoms with Gasteiger partial charge >= 0.3 is 0 Å². The number of amides is 1. The van der Waals surface area contributed by atoms with Crippen LogP contribution < -0.4 is 16.0 Å². The number of aromatic nitrogens is 3. The highest BCUT2D eigenvalue weighted by atomic mass is 16.2. The van der Waals surface area contributed by atoms with Gasteiger partial charge in [0.1, 0.15) is 11.9 Å². The first-order valence-electron chi connectivity index (χ1n) is 6.89. The third kappa shape index (κ3) is 2.38. The molecule has 2 aromatic heterocycles. The van der Waals surface area contributed by atoms with Gasteiger partial charge in [-0.25, -0.2) is 9.97 Å². The van der Waals surface area contributed by atoms with Gasteiger partial charge in [-0.1, -0.05) is 0 Å². The summed E-state index contributed by atoms with van der Waals surface area (Å²) in [4.78, 5) is 20.6. The molecule has 0 saturated carbocycles. The number of hydrogen-bond acceptors (Lipinski definition) is 5. The average molecular weight is 274 g/mol. The molecule has 1 amide bonds. The molecule has 3 rings (SSSR count). The highest BCUT2D eigenvalue weighted by Crippen LogP contribution is 2.19. The summed E-state index contributed by atoms with van der Waals surface area (Å²) in [6.07, 6.45) is 7.26. The van der Waals surface area contributed by atoms with Gasteiger partial charge in [0.15, 0.2) is 11.5 Å². The number of anilines is 2. The number of hydrogen-bond donors (Lipinski definition) is 3. The number of nitrogens with one attached hydrogen (secondary N) is 3. The molecule has 2 aromatic rings. The van der Waals surface area contributed by atoms with Gasteiger partial charge in [-0.2, -0.15) is 0 Å². The number of rotatable bonds is 4. The van der Waals surface area contributed by atoms with Crippen LogP contribution in [0.15, 0.2) is 18.6 Å². The Morgan fingerprint density at radius 2 is 2.45 bits per heavy atom. The number of fused-ring (bicyclic) bond motifs is 1. The molecule has 3 N–H and O–H groups in total. The smallest absolute Gasteiger partial charge is 0.242 e. The second-order valence-corrected chi connectivity index (χ2v) is 4.79. The molecule has 0 spiro atoms.